The molecular formula is C12H21N2NaO6S2. The van der Waals surface area contributed by atoms with Crippen LogP contribution in [0.5, 0.6) is 0 Å². The molecule has 128 valence electrons. The van der Waals surface area contributed by atoms with Crippen LogP contribution in [0, 0.1) is 5.41 Å². The quantitative estimate of drug-likeness (QED) is 0.254. The van der Waals surface area contributed by atoms with E-state index in [1.54, 1.807) is 11.6 Å². The zero-order valence-electron chi connectivity index (χ0n) is 13.9. The zero-order valence-corrected chi connectivity index (χ0v) is 17.5. The van der Waals surface area contributed by atoms with E-state index in [9.17, 15) is 25.9 Å². The normalized spacial score (nSPS) is 22.0. The van der Waals surface area contributed by atoms with E-state index in [4.69, 9.17) is 0 Å². The van der Waals surface area contributed by atoms with Crippen LogP contribution >= 0.6 is 0 Å². The van der Waals surface area contributed by atoms with Gasteiger partial charge in [0.05, 0.1) is 31.4 Å². The van der Waals surface area contributed by atoms with Gasteiger partial charge >= 0.3 is 29.6 Å². The summed E-state index contributed by atoms with van der Waals surface area (Å²) in [6.45, 7) is 5.85. The van der Waals surface area contributed by atoms with Gasteiger partial charge in [0.15, 0.2) is 12.3 Å². The predicted octanol–water partition coefficient (Wildman–Crippen LogP) is -2.88. The third-order valence-corrected chi connectivity index (χ3v) is 5.67. The van der Waals surface area contributed by atoms with Gasteiger partial charge in [-0.25, -0.2) is 16.8 Å². The average molecular weight is 376 g/mol. The Labute approximate surface area is 159 Å². The third kappa shape index (κ3) is 7.29. The summed E-state index contributed by atoms with van der Waals surface area (Å²) in [5.74, 6) is -0.867. The molecule has 0 amide bonds. The van der Waals surface area contributed by atoms with Gasteiger partial charge in [-0.2, -0.15) is 0 Å². The summed E-state index contributed by atoms with van der Waals surface area (Å²) in [6.07, 6.45) is 0.867. The molecule has 0 bridgehead atoms. The molecule has 0 radical (unpaired) electrons. The number of rotatable bonds is 8. The zero-order chi connectivity index (χ0) is 17.2. The SMILES string of the molecule is CC1=N[N+](CCCS(=O)(=O)[O-])=C(C)C1(C)CCCS(=O)(=O)[O-].[Na+]. The second kappa shape index (κ2) is 8.50. The van der Waals surface area contributed by atoms with Crippen LogP contribution in [0.15, 0.2) is 5.10 Å². The molecule has 0 aliphatic carbocycles. The maximum atomic E-state index is 10.7. The van der Waals surface area contributed by atoms with Crippen molar-refractivity contribution < 1.29 is 60.2 Å². The Kier molecular flexibility index (Phi) is 8.56. The third-order valence-electron chi connectivity index (χ3n) is 4.09. The van der Waals surface area contributed by atoms with E-state index in [0.29, 0.717) is 13.0 Å². The fourth-order valence-corrected chi connectivity index (χ4v) is 3.47. The summed E-state index contributed by atoms with van der Waals surface area (Å²) in [5, 5.41) is 4.35. The molecule has 1 aliphatic heterocycles. The Balaban J connectivity index is 0.00000484. The van der Waals surface area contributed by atoms with E-state index < -0.39 is 37.2 Å². The summed E-state index contributed by atoms with van der Waals surface area (Å²) in [6, 6.07) is 0. The van der Waals surface area contributed by atoms with Gasteiger partial charge in [0.25, 0.3) is 0 Å². The summed E-state index contributed by atoms with van der Waals surface area (Å²) < 4.78 is 65.5. The van der Waals surface area contributed by atoms with Gasteiger partial charge in [0.1, 0.15) is 0 Å². The molecule has 1 heterocycles. The Morgan fingerprint density at radius 3 is 2.00 bits per heavy atom. The van der Waals surface area contributed by atoms with Crippen LogP contribution < -0.4 is 29.6 Å². The number of nitrogens with zero attached hydrogens (tertiary/aromatic N) is 2. The second-order valence-electron chi connectivity index (χ2n) is 5.71. The maximum absolute atomic E-state index is 10.7. The van der Waals surface area contributed by atoms with Gasteiger partial charge in [-0.3, -0.25) is 0 Å². The summed E-state index contributed by atoms with van der Waals surface area (Å²) in [4.78, 5) is 0. The average Bonchev–Trinajstić information content (AvgIpc) is 2.51. The fourth-order valence-electron chi connectivity index (χ4n) is 2.49. The van der Waals surface area contributed by atoms with Crippen LogP contribution in [-0.2, 0) is 20.2 Å². The van der Waals surface area contributed by atoms with Crippen molar-refractivity contribution in [3.05, 3.63) is 0 Å². The molecule has 1 rings (SSSR count). The predicted molar refractivity (Wildman–Crippen MR) is 80.0 cm³/mol. The Hall–Kier alpha value is 0.160. The van der Waals surface area contributed by atoms with Crippen LogP contribution in [0.25, 0.3) is 0 Å². The first-order chi connectivity index (χ1) is 9.85. The van der Waals surface area contributed by atoms with E-state index in [1.165, 1.54) is 0 Å². The molecule has 0 aromatic carbocycles. The molecule has 0 saturated carbocycles. The van der Waals surface area contributed by atoms with Crippen molar-refractivity contribution in [3.63, 3.8) is 0 Å². The molecule has 1 unspecified atom stereocenters. The molecule has 23 heavy (non-hydrogen) atoms. The van der Waals surface area contributed by atoms with Crippen LogP contribution in [0.3, 0.4) is 0 Å². The van der Waals surface area contributed by atoms with Gasteiger partial charge in [0.2, 0.25) is 0 Å². The standard InChI is InChI=1S/C12H22N2O6S2.Na/c1-10-12(3,6-4-8-21(15,16)17)11(2)14(13-10)7-5-9-22(18,19)20;/h4-9H2,1-3H3,(H-,15,16,17,18,19,20);/q;+1/p-1. The van der Waals surface area contributed by atoms with Crippen LogP contribution in [-0.4, -0.2) is 60.1 Å². The van der Waals surface area contributed by atoms with Gasteiger partial charge in [0, 0.05) is 24.9 Å². The molecule has 0 N–H and O–H groups in total. The van der Waals surface area contributed by atoms with Crippen LogP contribution in [0.1, 0.15) is 40.0 Å². The molecule has 11 heteroatoms. The van der Waals surface area contributed by atoms with Crippen molar-refractivity contribution in [1.82, 2.24) is 0 Å². The Morgan fingerprint density at radius 2 is 1.52 bits per heavy atom. The molecule has 0 spiro atoms. The first-order valence-electron chi connectivity index (χ1n) is 6.89. The minimum atomic E-state index is -4.24. The second-order valence-corrected chi connectivity index (χ2v) is 8.75. The monoisotopic (exact) mass is 376 g/mol. The van der Waals surface area contributed by atoms with Gasteiger partial charge in [-0.15, -0.1) is 0 Å². The van der Waals surface area contributed by atoms with Crippen molar-refractivity contribution in [3.8, 4) is 0 Å². The van der Waals surface area contributed by atoms with Crippen LogP contribution in [0.2, 0.25) is 0 Å². The van der Waals surface area contributed by atoms with E-state index in [0.717, 1.165) is 11.4 Å². The van der Waals surface area contributed by atoms with Crippen molar-refractivity contribution in [2.45, 2.75) is 40.0 Å². The Morgan fingerprint density at radius 1 is 1.04 bits per heavy atom. The number of hydrogen-bond acceptors (Lipinski definition) is 7. The van der Waals surface area contributed by atoms with Crippen LogP contribution in [0.4, 0.5) is 0 Å². The largest absolute Gasteiger partial charge is 1.00 e. The molecular weight excluding hydrogens is 355 g/mol. The van der Waals surface area contributed by atoms with Gasteiger partial charge in [-0.1, -0.05) is 4.68 Å². The smallest absolute Gasteiger partial charge is 0.748 e. The summed E-state index contributed by atoms with van der Waals surface area (Å²) >= 11 is 0. The minimum absolute atomic E-state index is 0. The van der Waals surface area contributed by atoms with Crippen molar-refractivity contribution in [1.29, 1.82) is 0 Å². The van der Waals surface area contributed by atoms with E-state index in [1.807, 2.05) is 13.8 Å². The number of hydrazone groups is 1. The molecule has 8 nitrogen and oxygen atoms in total. The van der Waals surface area contributed by atoms with Crippen molar-refractivity contribution >= 4 is 31.7 Å². The molecule has 0 fully saturated rings. The maximum Gasteiger partial charge on any atom is 1.00 e. The first-order valence-corrected chi connectivity index (χ1v) is 10.0. The van der Waals surface area contributed by atoms with Crippen molar-refractivity contribution in [2.24, 2.45) is 10.5 Å². The number of hydrogen-bond donors (Lipinski definition) is 0. The molecule has 0 aromatic rings. The van der Waals surface area contributed by atoms with Crippen molar-refractivity contribution in [2.75, 3.05) is 18.1 Å². The van der Waals surface area contributed by atoms with E-state index in [-0.39, 0.29) is 42.4 Å². The summed E-state index contributed by atoms with van der Waals surface area (Å²) in [7, 11) is -8.48. The molecule has 1 aliphatic rings. The molecule has 1 atom stereocenters. The first kappa shape index (κ1) is 23.2. The molecule has 0 aromatic heterocycles. The minimum Gasteiger partial charge on any atom is -0.748 e. The van der Waals surface area contributed by atoms with Gasteiger partial charge in [-0.05, 0) is 31.8 Å². The Bertz CT molecular complexity index is 699. The fraction of sp³-hybridized carbons (Fsp3) is 0.833. The summed E-state index contributed by atoms with van der Waals surface area (Å²) in [5.41, 5.74) is 1.18. The topological polar surface area (TPSA) is 130 Å². The van der Waals surface area contributed by atoms with E-state index in [2.05, 4.69) is 5.10 Å². The molecule has 0 saturated heterocycles. The van der Waals surface area contributed by atoms with Gasteiger partial charge < -0.3 is 9.11 Å². The van der Waals surface area contributed by atoms with E-state index >= 15 is 0 Å².